The number of benzene rings is 1. The van der Waals surface area contributed by atoms with Gasteiger partial charge in [0.25, 0.3) is 0 Å². The van der Waals surface area contributed by atoms with Gasteiger partial charge in [0.2, 0.25) is 11.6 Å². The van der Waals surface area contributed by atoms with Gasteiger partial charge in [0.05, 0.1) is 5.69 Å². The van der Waals surface area contributed by atoms with Crippen LogP contribution in [0.2, 0.25) is 0 Å². The van der Waals surface area contributed by atoms with Gasteiger partial charge in [-0.2, -0.15) is 10.4 Å². The quantitative estimate of drug-likeness (QED) is 0.409. The number of rotatable bonds is 6. The largest absolute Gasteiger partial charge is 0.382 e. The molecule has 0 saturated carbocycles. The molecule has 21 heavy (non-hydrogen) atoms. The SMILES string of the molecule is CN(C)C(=O)CCc1cccc(N/N=C(\C#N)C(=N)N)c1. The predicted octanol–water partition coefficient (Wildman–Crippen LogP) is 0.935. The highest BCUT2D eigenvalue weighted by Gasteiger charge is 2.05. The number of aryl methyl sites for hydroxylation is 1. The van der Waals surface area contributed by atoms with Crippen LogP contribution in [0.1, 0.15) is 12.0 Å². The Morgan fingerprint density at radius 3 is 2.81 bits per heavy atom. The van der Waals surface area contributed by atoms with E-state index in [1.165, 1.54) is 0 Å². The molecule has 110 valence electrons. The molecule has 0 bridgehead atoms. The zero-order chi connectivity index (χ0) is 15.8. The van der Waals surface area contributed by atoms with Gasteiger partial charge in [0, 0.05) is 20.5 Å². The van der Waals surface area contributed by atoms with Crippen molar-refractivity contribution in [2.45, 2.75) is 12.8 Å². The molecule has 7 nitrogen and oxygen atoms in total. The third-order valence-electron chi connectivity index (χ3n) is 2.71. The smallest absolute Gasteiger partial charge is 0.222 e. The fraction of sp³-hybridized carbons (Fsp3) is 0.286. The van der Waals surface area contributed by atoms with E-state index < -0.39 is 5.84 Å². The third-order valence-corrected chi connectivity index (χ3v) is 2.71. The normalized spacial score (nSPS) is 10.6. The Kier molecular flexibility index (Phi) is 5.89. The molecule has 7 heteroatoms. The first-order valence-electron chi connectivity index (χ1n) is 6.31. The van der Waals surface area contributed by atoms with Crippen molar-refractivity contribution in [2.75, 3.05) is 19.5 Å². The summed E-state index contributed by atoms with van der Waals surface area (Å²) in [7, 11) is 3.44. The van der Waals surface area contributed by atoms with E-state index in [2.05, 4.69) is 10.5 Å². The first-order valence-corrected chi connectivity index (χ1v) is 6.31. The van der Waals surface area contributed by atoms with Crippen LogP contribution in [0.25, 0.3) is 0 Å². The summed E-state index contributed by atoms with van der Waals surface area (Å²) in [5, 5.41) is 19.7. The molecular weight excluding hydrogens is 268 g/mol. The topological polar surface area (TPSA) is 118 Å². The highest BCUT2D eigenvalue weighted by Crippen LogP contribution is 2.12. The molecule has 0 radical (unpaired) electrons. The van der Waals surface area contributed by atoms with E-state index in [1.54, 1.807) is 31.1 Å². The fourth-order valence-corrected chi connectivity index (χ4v) is 1.54. The number of nitriles is 1. The Morgan fingerprint density at radius 1 is 1.52 bits per heavy atom. The third kappa shape index (κ3) is 5.32. The molecule has 0 atom stereocenters. The second-order valence-electron chi connectivity index (χ2n) is 4.59. The van der Waals surface area contributed by atoms with Crippen LogP contribution in [0.4, 0.5) is 5.69 Å². The van der Waals surface area contributed by atoms with Crippen LogP contribution in [0, 0.1) is 16.7 Å². The van der Waals surface area contributed by atoms with Crippen molar-refractivity contribution < 1.29 is 4.79 Å². The van der Waals surface area contributed by atoms with Crippen LogP contribution >= 0.6 is 0 Å². The minimum atomic E-state index is -0.391. The number of nitrogens with zero attached hydrogens (tertiary/aromatic N) is 3. The molecule has 0 aromatic heterocycles. The molecule has 1 amide bonds. The van der Waals surface area contributed by atoms with Crippen LogP contribution in [0.15, 0.2) is 29.4 Å². The van der Waals surface area contributed by atoms with Gasteiger partial charge >= 0.3 is 0 Å². The van der Waals surface area contributed by atoms with Gasteiger partial charge in [-0.25, -0.2) is 0 Å². The number of carbonyl (C=O) groups excluding carboxylic acids is 1. The lowest BCUT2D eigenvalue weighted by atomic mass is 10.1. The highest BCUT2D eigenvalue weighted by molar-refractivity contribution is 6.45. The molecule has 0 heterocycles. The van der Waals surface area contributed by atoms with Gasteiger partial charge in [-0.3, -0.25) is 15.6 Å². The molecule has 0 spiro atoms. The van der Waals surface area contributed by atoms with Gasteiger partial charge in [-0.15, -0.1) is 0 Å². The van der Waals surface area contributed by atoms with Crippen LogP contribution in [0.5, 0.6) is 0 Å². The zero-order valence-electron chi connectivity index (χ0n) is 12.1. The van der Waals surface area contributed by atoms with E-state index in [1.807, 2.05) is 18.2 Å². The summed E-state index contributed by atoms with van der Waals surface area (Å²) in [6.45, 7) is 0. The van der Waals surface area contributed by atoms with E-state index in [0.29, 0.717) is 18.5 Å². The second-order valence-corrected chi connectivity index (χ2v) is 4.59. The standard InChI is InChI=1S/C14H18N6O/c1-20(2)13(21)7-6-10-4-3-5-11(8-10)18-19-12(9-15)14(16)17/h3-5,8,18H,6-7H2,1-2H3,(H3,16,17)/b19-12+. The number of anilines is 1. The predicted molar refractivity (Wildman–Crippen MR) is 82.0 cm³/mol. The monoisotopic (exact) mass is 286 g/mol. The van der Waals surface area contributed by atoms with Crippen LogP contribution in [0.3, 0.4) is 0 Å². The second kappa shape index (κ2) is 7.65. The summed E-state index contributed by atoms with van der Waals surface area (Å²) >= 11 is 0. The first-order chi connectivity index (χ1) is 9.93. The van der Waals surface area contributed by atoms with E-state index in [0.717, 1.165) is 5.56 Å². The minimum absolute atomic E-state index is 0.0646. The van der Waals surface area contributed by atoms with Gasteiger partial charge < -0.3 is 10.6 Å². The number of carbonyl (C=O) groups is 1. The van der Waals surface area contributed by atoms with E-state index in [4.69, 9.17) is 16.4 Å². The molecule has 4 N–H and O–H groups in total. The lowest BCUT2D eigenvalue weighted by molar-refractivity contribution is -0.128. The van der Waals surface area contributed by atoms with E-state index >= 15 is 0 Å². The number of amides is 1. The average Bonchev–Trinajstić information content (AvgIpc) is 2.45. The number of nitrogens with one attached hydrogen (secondary N) is 2. The Labute approximate surface area is 123 Å². The molecule has 0 aliphatic carbocycles. The maximum absolute atomic E-state index is 11.5. The Hall–Kier alpha value is -2.88. The fourth-order valence-electron chi connectivity index (χ4n) is 1.54. The van der Waals surface area contributed by atoms with Crippen molar-refractivity contribution in [3.63, 3.8) is 0 Å². The van der Waals surface area contributed by atoms with Gasteiger partial charge in [0.1, 0.15) is 6.07 Å². The first kappa shape index (κ1) is 16.2. The molecule has 1 aromatic rings. The van der Waals surface area contributed by atoms with Crippen molar-refractivity contribution in [3.05, 3.63) is 29.8 Å². The van der Waals surface area contributed by atoms with Gasteiger partial charge in [0.15, 0.2) is 5.84 Å². The molecule has 0 aliphatic rings. The van der Waals surface area contributed by atoms with Crippen molar-refractivity contribution in [1.29, 1.82) is 10.7 Å². The van der Waals surface area contributed by atoms with Crippen molar-refractivity contribution in [1.82, 2.24) is 4.90 Å². The summed E-state index contributed by atoms with van der Waals surface area (Å²) in [5.74, 6) is -0.326. The molecule has 0 unspecified atom stereocenters. The van der Waals surface area contributed by atoms with Crippen molar-refractivity contribution >= 4 is 23.1 Å². The Balaban J connectivity index is 2.71. The molecular formula is C14H18N6O. The summed E-state index contributed by atoms with van der Waals surface area (Å²) in [6, 6.07) is 9.07. The number of amidine groups is 1. The lowest BCUT2D eigenvalue weighted by Crippen LogP contribution is -2.22. The maximum atomic E-state index is 11.5. The summed E-state index contributed by atoms with van der Waals surface area (Å²) in [6.07, 6.45) is 1.05. The van der Waals surface area contributed by atoms with Gasteiger partial charge in [-0.05, 0) is 24.1 Å². The number of hydrogen-bond donors (Lipinski definition) is 3. The average molecular weight is 286 g/mol. The molecule has 1 rings (SSSR count). The van der Waals surface area contributed by atoms with Crippen LogP contribution in [-0.4, -0.2) is 36.4 Å². The summed E-state index contributed by atoms with van der Waals surface area (Å²) in [5.41, 5.74) is 9.34. The maximum Gasteiger partial charge on any atom is 0.222 e. The number of hydrogen-bond acceptors (Lipinski definition) is 5. The van der Waals surface area contributed by atoms with Crippen molar-refractivity contribution in [3.8, 4) is 6.07 Å². The number of hydrazone groups is 1. The Bertz CT molecular complexity index is 600. The summed E-state index contributed by atoms with van der Waals surface area (Å²) in [4.78, 5) is 13.1. The summed E-state index contributed by atoms with van der Waals surface area (Å²) < 4.78 is 0. The minimum Gasteiger partial charge on any atom is -0.382 e. The molecule has 0 saturated heterocycles. The van der Waals surface area contributed by atoms with E-state index in [-0.39, 0.29) is 11.6 Å². The molecule has 1 aromatic carbocycles. The van der Waals surface area contributed by atoms with Crippen molar-refractivity contribution in [2.24, 2.45) is 10.8 Å². The molecule has 0 fully saturated rings. The lowest BCUT2D eigenvalue weighted by Gasteiger charge is -2.10. The van der Waals surface area contributed by atoms with Gasteiger partial charge in [-0.1, -0.05) is 12.1 Å². The van der Waals surface area contributed by atoms with Crippen LogP contribution < -0.4 is 11.2 Å². The number of nitrogens with two attached hydrogens (primary N) is 1. The Morgan fingerprint density at radius 2 is 2.24 bits per heavy atom. The zero-order valence-corrected chi connectivity index (χ0v) is 12.1. The van der Waals surface area contributed by atoms with E-state index in [9.17, 15) is 4.79 Å². The molecule has 0 aliphatic heterocycles. The van der Waals surface area contributed by atoms with Crippen LogP contribution in [-0.2, 0) is 11.2 Å². The highest BCUT2D eigenvalue weighted by atomic mass is 16.2.